The maximum absolute atomic E-state index is 10.2. The number of carboxylic acid groups (broad SMARTS) is 1. The molecule has 1 aromatic rings. The van der Waals surface area contributed by atoms with Gasteiger partial charge in [-0.05, 0) is 51.4 Å². The highest BCUT2D eigenvalue weighted by Crippen LogP contribution is 2.16. The molecule has 0 aliphatic heterocycles. The van der Waals surface area contributed by atoms with E-state index in [0.29, 0.717) is 6.42 Å². The van der Waals surface area contributed by atoms with Gasteiger partial charge in [-0.25, -0.2) is 0 Å². The lowest BCUT2D eigenvalue weighted by molar-refractivity contribution is -0.137. The molecule has 0 saturated carbocycles. The first kappa shape index (κ1) is 12.0. The van der Waals surface area contributed by atoms with Crippen LogP contribution in [0.25, 0.3) is 0 Å². The Morgan fingerprint density at radius 2 is 2.36 bits per heavy atom. The number of rotatable bonds is 5. The summed E-state index contributed by atoms with van der Waals surface area (Å²) in [5.74, 6) is -0.735. The molecule has 14 heavy (non-hydrogen) atoms. The van der Waals surface area contributed by atoms with E-state index in [1.807, 2.05) is 10.9 Å². The Kier molecular flexibility index (Phi) is 4.86. The zero-order valence-corrected chi connectivity index (χ0v) is 11.2. The second kappa shape index (κ2) is 5.69. The Labute approximate surface area is 104 Å². The van der Waals surface area contributed by atoms with Crippen molar-refractivity contribution in [3.8, 4) is 0 Å². The van der Waals surface area contributed by atoms with Crippen molar-refractivity contribution >= 4 is 44.5 Å². The molecule has 0 saturated heterocycles. The van der Waals surface area contributed by atoms with Crippen LogP contribution >= 0.6 is 38.5 Å². The first-order valence-electron chi connectivity index (χ1n) is 4.20. The molecule has 0 fully saturated rings. The van der Waals surface area contributed by atoms with Crippen LogP contribution in [-0.4, -0.2) is 20.9 Å². The third-order valence-corrected chi connectivity index (χ3v) is 3.82. The molecule has 0 unspecified atom stereocenters. The molecule has 6 heteroatoms. The van der Waals surface area contributed by atoms with Gasteiger partial charge >= 0.3 is 5.97 Å². The summed E-state index contributed by atoms with van der Waals surface area (Å²) in [5.41, 5.74) is 0. The van der Waals surface area contributed by atoms with E-state index in [4.69, 9.17) is 5.11 Å². The van der Waals surface area contributed by atoms with Crippen LogP contribution in [0, 0.1) is 3.70 Å². The highest BCUT2D eigenvalue weighted by molar-refractivity contribution is 14.1. The van der Waals surface area contributed by atoms with Crippen LogP contribution in [-0.2, 0) is 11.3 Å². The summed E-state index contributed by atoms with van der Waals surface area (Å²) in [6.07, 6.45) is 3.68. The van der Waals surface area contributed by atoms with Gasteiger partial charge in [0.1, 0.15) is 3.70 Å². The van der Waals surface area contributed by atoms with Crippen molar-refractivity contribution in [1.82, 2.24) is 9.78 Å². The monoisotopic (exact) mass is 372 g/mol. The number of halogens is 2. The molecule has 1 heterocycles. The van der Waals surface area contributed by atoms with Gasteiger partial charge in [0.15, 0.2) is 0 Å². The Hall–Kier alpha value is -0.110. The Balaban J connectivity index is 2.28. The molecule has 0 aliphatic carbocycles. The fourth-order valence-corrected chi connectivity index (χ4v) is 1.77. The topological polar surface area (TPSA) is 55.1 Å². The number of hydrogen-bond donors (Lipinski definition) is 1. The van der Waals surface area contributed by atoms with Crippen molar-refractivity contribution in [2.75, 3.05) is 0 Å². The minimum atomic E-state index is -0.735. The van der Waals surface area contributed by atoms with Gasteiger partial charge in [-0.1, -0.05) is 0 Å². The normalized spacial score (nSPS) is 10.4. The van der Waals surface area contributed by atoms with Gasteiger partial charge in [0, 0.05) is 19.2 Å². The van der Waals surface area contributed by atoms with Crippen LogP contribution < -0.4 is 0 Å². The molecule has 1 N–H and O–H groups in total. The summed E-state index contributed by atoms with van der Waals surface area (Å²) in [6, 6.07) is 0. The van der Waals surface area contributed by atoms with E-state index in [9.17, 15) is 4.79 Å². The van der Waals surface area contributed by atoms with Crippen molar-refractivity contribution < 1.29 is 9.90 Å². The van der Waals surface area contributed by atoms with Gasteiger partial charge in [0.25, 0.3) is 0 Å². The lowest BCUT2D eigenvalue weighted by Crippen LogP contribution is -2.00. The van der Waals surface area contributed by atoms with Crippen LogP contribution in [0.4, 0.5) is 0 Å². The van der Waals surface area contributed by atoms with E-state index in [1.165, 1.54) is 0 Å². The van der Waals surface area contributed by atoms with Crippen LogP contribution in [0.5, 0.6) is 0 Å². The Morgan fingerprint density at radius 1 is 1.64 bits per heavy atom. The molecule has 4 nitrogen and oxygen atoms in total. The van der Waals surface area contributed by atoms with Gasteiger partial charge in [-0.15, -0.1) is 0 Å². The number of hydrogen-bond acceptors (Lipinski definition) is 2. The number of aliphatic carboxylic acids is 1. The van der Waals surface area contributed by atoms with Gasteiger partial charge in [0.05, 0.1) is 4.47 Å². The number of aromatic nitrogens is 2. The van der Waals surface area contributed by atoms with Gasteiger partial charge in [-0.2, -0.15) is 5.10 Å². The van der Waals surface area contributed by atoms with Gasteiger partial charge in [-0.3, -0.25) is 9.48 Å². The van der Waals surface area contributed by atoms with E-state index >= 15 is 0 Å². The number of carbonyl (C=O) groups is 1. The number of aryl methyl sites for hydroxylation is 1. The predicted molar refractivity (Wildman–Crippen MR) is 64.1 cm³/mol. The zero-order chi connectivity index (χ0) is 10.6. The Bertz CT molecular complexity index is 308. The first-order valence-corrected chi connectivity index (χ1v) is 6.07. The molecule has 1 rings (SSSR count). The summed E-state index contributed by atoms with van der Waals surface area (Å²) >= 11 is 5.51. The van der Waals surface area contributed by atoms with E-state index in [1.54, 1.807) is 0 Å². The van der Waals surface area contributed by atoms with E-state index in [0.717, 1.165) is 21.1 Å². The van der Waals surface area contributed by atoms with E-state index in [2.05, 4.69) is 43.6 Å². The van der Waals surface area contributed by atoms with E-state index in [-0.39, 0.29) is 6.42 Å². The predicted octanol–water partition coefficient (Wildman–Crippen LogP) is 2.51. The van der Waals surface area contributed by atoms with Crippen molar-refractivity contribution in [2.45, 2.75) is 25.8 Å². The molecule has 78 valence electrons. The minimum Gasteiger partial charge on any atom is -0.481 e. The summed E-state index contributed by atoms with van der Waals surface area (Å²) in [4.78, 5) is 10.2. The van der Waals surface area contributed by atoms with Crippen molar-refractivity contribution in [1.29, 1.82) is 0 Å². The lowest BCUT2D eigenvalue weighted by atomic mass is 10.2. The number of nitrogens with zero attached hydrogens (tertiary/aromatic N) is 2. The third kappa shape index (κ3) is 3.95. The van der Waals surface area contributed by atoms with Crippen molar-refractivity contribution in [2.24, 2.45) is 0 Å². The molecule has 0 aromatic carbocycles. The van der Waals surface area contributed by atoms with Crippen LogP contribution in [0.1, 0.15) is 19.3 Å². The SMILES string of the molecule is O=C(O)CCCCn1cc(Br)c(I)n1. The smallest absolute Gasteiger partial charge is 0.303 e. The molecule has 0 atom stereocenters. The van der Waals surface area contributed by atoms with Gasteiger partial charge in [0.2, 0.25) is 0 Å². The first-order chi connectivity index (χ1) is 6.59. The second-order valence-corrected chi connectivity index (χ2v) is 4.76. The average molecular weight is 373 g/mol. The summed E-state index contributed by atoms with van der Waals surface area (Å²) in [6.45, 7) is 0.773. The number of carboxylic acids is 1. The fraction of sp³-hybridized carbons (Fsp3) is 0.500. The molecule has 0 aliphatic rings. The second-order valence-electron chi connectivity index (χ2n) is 2.88. The number of unbranched alkanes of at least 4 members (excludes halogenated alkanes) is 1. The van der Waals surface area contributed by atoms with Crippen LogP contribution in [0.2, 0.25) is 0 Å². The maximum atomic E-state index is 10.2. The Morgan fingerprint density at radius 3 is 2.86 bits per heavy atom. The maximum Gasteiger partial charge on any atom is 0.303 e. The molecular weight excluding hydrogens is 363 g/mol. The zero-order valence-electron chi connectivity index (χ0n) is 7.41. The average Bonchev–Trinajstić information content (AvgIpc) is 2.40. The molecule has 0 radical (unpaired) electrons. The molecule has 0 bridgehead atoms. The molecule has 0 spiro atoms. The quantitative estimate of drug-likeness (QED) is 0.638. The van der Waals surface area contributed by atoms with Crippen LogP contribution in [0.15, 0.2) is 10.7 Å². The standard InChI is InChI=1S/C8H10BrIN2O2/c9-6-5-12(11-8(6)10)4-2-1-3-7(13)14/h5H,1-4H2,(H,13,14). The molecule has 1 aromatic heterocycles. The largest absolute Gasteiger partial charge is 0.481 e. The van der Waals surface area contributed by atoms with Crippen molar-refractivity contribution in [3.05, 3.63) is 14.4 Å². The van der Waals surface area contributed by atoms with Crippen molar-refractivity contribution in [3.63, 3.8) is 0 Å². The highest BCUT2D eigenvalue weighted by Gasteiger charge is 2.02. The van der Waals surface area contributed by atoms with Crippen LogP contribution in [0.3, 0.4) is 0 Å². The van der Waals surface area contributed by atoms with Gasteiger partial charge < -0.3 is 5.11 Å². The summed E-state index contributed by atoms with van der Waals surface area (Å²) < 4.78 is 3.74. The third-order valence-electron chi connectivity index (χ3n) is 1.70. The highest BCUT2D eigenvalue weighted by atomic mass is 127. The molecular formula is C8H10BrIN2O2. The lowest BCUT2D eigenvalue weighted by Gasteiger charge is -1.98. The molecule has 0 amide bonds. The summed E-state index contributed by atoms with van der Waals surface area (Å²) in [7, 11) is 0. The minimum absolute atomic E-state index is 0.236. The summed E-state index contributed by atoms with van der Waals surface area (Å²) in [5, 5.41) is 12.7. The van der Waals surface area contributed by atoms with E-state index < -0.39 is 5.97 Å². The fourth-order valence-electron chi connectivity index (χ4n) is 1.04.